The molecule has 0 unspecified atom stereocenters. The summed E-state index contributed by atoms with van der Waals surface area (Å²) in [5.74, 6) is -1.66. The molecule has 33 heavy (non-hydrogen) atoms. The molecule has 1 heterocycles. The zero-order valence-electron chi connectivity index (χ0n) is 18.7. The van der Waals surface area contributed by atoms with Crippen LogP contribution in [0.3, 0.4) is 0 Å². The minimum Gasteiger partial charge on any atom is -0.389 e. The van der Waals surface area contributed by atoms with Crippen molar-refractivity contribution in [2.45, 2.75) is 51.3 Å². The molecule has 2 N–H and O–H groups in total. The SMILES string of the molecule is CC(=O)N[C@@H](Cc1cc(F)cc(F)c1)[C@@H](O)CN(c1cccc(-c2cc(C)cs2)c1)C1CC1. The van der Waals surface area contributed by atoms with Crippen molar-refractivity contribution in [3.8, 4) is 10.4 Å². The number of aryl methyl sites for hydroxylation is 1. The van der Waals surface area contributed by atoms with Crippen LogP contribution < -0.4 is 10.2 Å². The molecule has 1 saturated carbocycles. The van der Waals surface area contributed by atoms with Crippen LogP contribution in [0.4, 0.5) is 14.5 Å². The first kappa shape index (κ1) is 23.4. The summed E-state index contributed by atoms with van der Waals surface area (Å²) >= 11 is 1.70. The summed E-state index contributed by atoms with van der Waals surface area (Å²) in [7, 11) is 0. The van der Waals surface area contributed by atoms with Gasteiger partial charge in [-0.1, -0.05) is 12.1 Å². The van der Waals surface area contributed by atoms with Crippen LogP contribution in [0.1, 0.15) is 30.9 Å². The minimum absolute atomic E-state index is 0.127. The summed E-state index contributed by atoms with van der Waals surface area (Å²) in [6, 6.07) is 13.3. The van der Waals surface area contributed by atoms with Crippen LogP contribution in [0.15, 0.2) is 53.9 Å². The Bertz CT molecular complexity index is 1110. The van der Waals surface area contributed by atoms with Gasteiger partial charge in [-0.15, -0.1) is 11.3 Å². The number of halogens is 2. The second kappa shape index (κ2) is 10.0. The molecule has 1 fully saturated rings. The van der Waals surface area contributed by atoms with Crippen molar-refractivity contribution in [1.29, 1.82) is 0 Å². The summed E-state index contributed by atoms with van der Waals surface area (Å²) in [5.41, 5.74) is 3.75. The number of rotatable bonds is 9. The topological polar surface area (TPSA) is 52.6 Å². The Kier molecular flexibility index (Phi) is 7.10. The van der Waals surface area contributed by atoms with E-state index in [9.17, 15) is 18.7 Å². The fourth-order valence-electron chi connectivity index (χ4n) is 4.13. The van der Waals surface area contributed by atoms with E-state index in [0.29, 0.717) is 18.2 Å². The highest BCUT2D eigenvalue weighted by molar-refractivity contribution is 7.13. The van der Waals surface area contributed by atoms with Crippen molar-refractivity contribution >= 4 is 22.9 Å². The first-order chi connectivity index (χ1) is 15.8. The van der Waals surface area contributed by atoms with Crippen LogP contribution in [0.5, 0.6) is 0 Å². The van der Waals surface area contributed by atoms with Crippen molar-refractivity contribution in [2.75, 3.05) is 11.4 Å². The molecule has 0 bridgehead atoms. The van der Waals surface area contributed by atoms with Crippen molar-refractivity contribution in [1.82, 2.24) is 5.32 Å². The van der Waals surface area contributed by atoms with E-state index in [-0.39, 0.29) is 12.3 Å². The molecule has 0 radical (unpaired) electrons. The lowest BCUT2D eigenvalue weighted by Gasteiger charge is -2.32. The number of amides is 1. The summed E-state index contributed by atoms with van der Waals surface area (Å²) in [5, 5.41) is 16.0. The van der Waals surface area contributed by atoms with E-state index < -0.39 is 23.8 Å². The largest absolute Gasteiger partial charge is 0.389 e. The van der Waals surface area contributed by atoms with E-state index in [0.717, 1.165) is 30.2 Å². The van der Waals surface area contributed by atoms with Crippen LogP contribution >= 0.6 is 11.3 Å². The molecule has 2 atom stereocenters. The highest BCUT2D eigenvalue weighted by Crippen LogP contribution is 2.35. The molecule has 1 aliphatic carbocycles. The zero-order valence-corrected chi connectivity index (χ0v) is 19.5. The van der Waals surface area contributed by atoms with E-state index in [1.807, 2.05) is 12.1 Å². The van der Waals surface area contributed by atoms with E-state index in [1.54, 1.807) is 11.3 Å². The Morgan fingerprint density at radius 3 is 2.52 bits per heavy atom. The quantitative estimate of drug-likeness (QED) is 0.459. The second-order valence-electron chi connectivity index (χ2n) is 8.78. The average molecular weight is 471 g/mol. The Labute approximate surface area is 196 Å². The fourth-order valence-corrected chi connectivity index (χ4v) is 5.03. The van der Waals surface area contributed by atoms with Crippen molar-refractivity contribution < 1.29 is 18.7 Å². The average Bonchev–Trinajstić information content (AvgIpc) is 3.50. The van der Waals surface area contributed by atoms with Crippen LogP contribution in [0, 0.1) is 18.6 Å². The van der Waals surface area contributed by atoms with Gasteiger partial charge in [-0.05, 0) is 78.6 Å². The van der Waals surface area contributed by atoms with Crippen LogP contribution in [0.2, 0.25) is 0 Å². The number of aliphatic hydroxyl groups is 1. The smallest absolute Gasteiger partial charge is 0.217 e. The fraction of sp³-hybridized carbons (Fsp3) is 0.346. The second-order valence-corrected chi connectivity index (χ2v) is 9.69. The van der Waals surface area contributed by atoms with Gasteiger partial charge in [0.15, 0.2) is 0 Å². The van der Waals surface area contributed by atoms with E-state index in [4.69, 9.17) is 0 Å². The molecule has 0 aliphatic heterocycles. The van der Waals surface area contributed by atoms with Crippen LogP contribution in [0.25, 0.3) is 10.4 Å². The monoisotopic (exact) mass is 470 g/mol. The molecule has 1 amide bonds. The number of aliphatic hydroxyl groups excluding tert-OH is 1. The van der Waals surface area contributed by atoms with E-state index in [2.05, 4.69) is 40.7 Å². The number of nitrogens with one attached hydrogen (secondary N) is 1. The molecule has 1 aromatic heterocycles. The van der Waals surface area contributed by atoms with Gasteiger partial charge < -0.3 is 15.3 Å². The Morgan fingerprint density at radius 1 is 1.18 bits per heavy atom. The standard InChI is InChI=1S/C26H28F2N2O2S/c1-16-8-26(33-15-16)19-4-3-5-23(12-19)30(22-6-7-22)14-25(32)24(29-17(2)31)11-18-9-20(27)13-21(28)10-18/h3-5,8-10,12-13,15,22,24-25,32H,6-7,11,14H2,1-2H3,(H,29,31)/t24-,25-/m0/s1. The molecule has 3 aromatic rings. The Hall–Kier alpha value is -2.77. The maximum Gasteiger partial charge on any atom is 0.217 e. The third kappa shape index (κ3) is 6.18. The first-order valence-electron chi connectivity index (χ1n) is 11.1. The first-order valence-corrected chi connectivity index (χ1v) is 12.0. The molecular formula is C26H28F2N2O2S. The number of carbonyl (C=O) groups excluding carboxylic acids is 1. The van der Waals surface area contributed by atoms with Crippen molar-refractivity contribution in [3.63, 3.8) is 0 Å². The lowest BCUT2D eigenvalue weighted by atomic mass is 10.00. The van der Waals surface area contributed by atoms with Gasteiger partial charge in [-0.25, -0.2) is 8.78 Å². The maximum absolute atomic E-state index is 13.7. The predicted octanol–water partition coefficient (Wildman–Crippen LogP) is 5.08. The normalized spacial score (nSPS) is 15.2. The molecule has 0 saturated heterocycles. The van der Waals surface area contributed by atoms with Crippen LogP contribution in [-0.4, -0.2) is 35.7 Å². The maximum atomic E-state index is 13.7. The molecule has 7 heteroatoms. The molecule has 1 aliphatic rings. The predicted molar refractivity (Wildman–Crippen MR) is 129 cm³/mol. The van der Waals surface area contributed by atoms with Gasteiger partial charge in [0.2, 0.25) is 5.91 Å². The number of thiophene rings is 1. The Morgan fingerprint density at radius 2 is 1.91 bits per heavy atom. The highest BCUT2D eigenvalue weighted by Gasteiger charge is 2.33. The molecule has 0 spiro atoms. The summed E-state index contributed by atoms with van der Waals surface area (Å²) in [6.07, 6.45) is 1.28. The lowest BCUT2D eigenvalue weighted by molar-refractivity contribution is -0.120. The van der Waals surface area contributed by atoms with Gasteiger partial charge in [-0.2, -0.15) is 0 Å². The summed E-state index contributed by atoms with van der Waals surface area (Å²) < 4.78 is 27.3. The third-order valence-electron chi connectivity index (χ3n) is 5.80. The number of hydrogen-bond acceptors (Lipinski definition) is 4. The third-order valence-corrected chi connectivity index (χ3v) is 6.89. The van der Waals surface area contributed by atoms with Crippen molar-refractivity contribution in [2.24, 2.45) is 0 Å². The molecular weight excluding hydrogens is 442 g/mol. The number of benzene rings is 2. The van der Waals surface area contributed by atoms with Gasteiger partial charge >= 0.3 is 0 Å². The Balaban J connectivity index is 1.55. The van der Waals surface area contributed by atoms with Gasteiger partial charge in [0.25, 0.3) is 0 Å². The number of carbonyl (C=O) groups is 1. The van der Waals surface area contributed by atoms with Gasteiger partial charge in [-0.3, -0.25) is 4.79 Å². The number of nitrogens with zero attached hydrogens (tertiary/aromatic N) is 1. The molecule has 4 nitrogen and oxygen atoms in total. The molecule has 2 aromatic carbocycles. The molecule has 4 rings (SSSR count). The zero-order chi connectivity index (χ0) is 23.5. The van der Waals surface area contributed by atoms with Crippen LogP contribution in [-0.2, 0) is 11.2 Å². The minimum atomic E-state index is -0.923. The lowest BCUT2D eigenvalue weighted by Crippen LogP contribution is -2.49. The van der Waals surface area contributed by atoms with Gasteiger partial charge in [0, 0.05) is 36.1 Å². The van der Waals surface area contributed by atoms with E-state index in [1.165, 1.54) is 29.5 Å². The highest BCUT2D eigenvalue weighted by atomic mass is 32.1. The summed E-state index contributed by atoms with van der Waals surface area (Å²) in [4.78, 5) is 15.2. The van der Waals surface area contributed by atoms with Gasteiger partial charge in [0.05, 0.1) is 12.1 Å². The van der Waals surface area contributed by atoms with E-state index >= 15 is 0 Å². The number of hydrogen-bond donors (Lipinski definition) is 2. The summed E-state index contributed by atoms with van der Waals surface area (Å²) in [6.45, 7) is 3.75. The molecule has 174 valence electrons. The van der Waals surface area contributed by atoms with Crippen molar-refractivity contribution in [3.05, 3.63) is 76.7 Å². The van der Waals surface area contributed by atoms with Gasteiger partial charge in [0.1, 0.15) is 11.6 Å². The number of anilines is 1.